The first-order valence-electron chi connectivity index (χ1n) is 48.4. The number of hydrogen-bond donors (Lipinski definition) is 3. The molecule has 4 atom stereocenters. The lowest BCUT2D eigenvalue weighted by atomic mass is 9.83. The van der Waals surface area contributed by atoms with Crippen LogP contribution < -0.4 is 18.9 Å². The predicted molar refractivity (Wildman–Crippen MR) is 558 cm³/mol. The van der Waals surface area contributed by atoms with E-state index < -0.39 is 64.7 Å². The number of carboxylic acids is 3. The SMILES string of the molecule is CC(=O)[C@@H](OC(C)(C)C)c1c(-c2ccc3c4c(ccnc24)CCO3)c2ccccc2c2ccccc12.CCOCC(C)(C)O[C@H](C(=O)O)c1c(C)cc2ccccc2c1-c1ccc2c3c(ccnc13)CCO2.COCC(C)(C)O[C@H](C(=O)O)c1c(C)cc2ccccc2c1-c1ccc2c3c(ccnc13)CCO2.COCC(C)(C)O[C@H](C(=O)O)c1c(C)cc2ccccc2c1-c1ccc2c3c(ccnc13)CCO2. The van der Waals surface area contributed by atoms with Crippen LogP contribution in [0.2, 0.25) is 0 Å². The van der Waals surface area contributed by atoms with Crippen molar-refractivity contribution >= 4 is 121 Å². The molecule has 0 saturated carbocycles. The van der Waals surface area contributed by atoms with Gasteiger partial charge in [0.2, 0.25) is 0 Å². The molecule has 17 aromatic rings. The maximum atomic E-state index is 13.3. The molecule has 13 aromatic carbocycles. The van der Waals surface area contributed by atoms with Crippen molar-refractivity contribution in [2.45, 2.75) is 169 Å². The molecule has 21 rings (SSSR count). The van der Waals surface area contributed by atoms with Crippen LogP contribution in [0.5, 0.6) is 23.0 Å². The summed E-state index contributed by atoms with van der Waals surface area (Å²) in [5.74, 6) is 0.131. The number of Topliss-reactive ketones (excluding diaryl/α,β-unsaturated/α-hetero) is 1. The van der Waals surface area contributed by atoms with Crippen molar-refractivity contribution in [3.8, 4) is 67.5 Å². The van der Waals surface area contributed by atoms with Gasteiger partial charge in [-0.25, -0.2) is 14.4 Å². The van der Waals surface area contributed by atoms with E-state index in [9.17, 15) is 34.5 Å². The van der Waals surface area contributed by atoms with Gasteiger partial charge in [0.1, 0.15) is 29.1 Å². The Balaban J connectivity index is 0.000000125. The number of benzene rings is 13. The van der Waals surface area contributed by atoms with Gasteiger partial charge < -0.3 is 67.4 Å². The van der Waals surface area contributed by atoms with Crippen molar-refractivity contribution in [3.63, 3.8) is 0 Å². The Hall–Kier alpha value is -14.2. The van der Waals surface area contributed by atoms with E-state index in [1.54, 1.807) is 21.1 Å². The van der Waals surface area contributed by atoms with Gasteiger partial charge >= 0.3 is 17.9 Å². The summed E-state index contributed by atoms with van der Waals surface area (Å²) in [5.41, 5.74) is 17.5. The van der Waals surface area contributed by atoms with Gasteiger partial charge in [0.05, 0.1) is 90.7 Å². The van der Waals surface area contributed by atoms with Gasteiger partial charge in [-0.1, -0.05) is 140 Å². The standard InChI is InChI=1S/C32H29NO3.C30H31NO5.2C29H29NO5/c1-19(34)31(36-32(2,3)4)29-24-12-8-6-10-22(24)21-9-5-7-11-23(21)28(29)25-13-14-26-27-20(16-18-35-26)15-17-33-30(25)27;1-5-34-17-30(3,4)36-28(29(32)33)24-18(2)16-20-8-6-7-9-21(20)26(24)22-10-11-23-25-19(13-15-35-23)12-14-31-27(22)25;2*1-17-15-19-7-5-6-8-20(19)25(23(17)27(28(31)32)35-29(2,3)16-33-4)21-9-10-22-24-18(12-14-34-22)11-13-30-26(21)24/h5-15,17,31H,16,18H2,1-4H3;6-12,14,16,28H,5,13,15,17H2,1-4H3,(H,32,33);2*5-11,13,15,27H,12,14,16H2,1-4H3,(H,31,32)/t31-;28-;2*27-/m1000/s1. The summed E-state index contributed by atoms with van der Waals surface area (Å²) in [7, 11) is 3.16. The molecule has 0 spiro atoms. The fourth-order valence-corrected chi connectivity index (χ4v) is 21.0. The Morgan fingerprint density at radius 2 is 0.613 bits per heavy atom. The summed E-state index contributed by atoms with van der Waals surface area (Å²) in [5, 5.41) is 45.5. The third-order valence-corrected chi connectivity index (χ3v) is 26.7. The fourth-order valence-electron chi connectivity index (χ4n) is 21.0. The molecule has 4 aliphatic rings. The number of carboxylic acid groups (broad SMARTS) is 3. The molecule has 0 amide bonds. The van der Waals surface area contributed by atoms with Crippen LogP contribution >= 0.6 is 0 Å². The van der Waals surface area contributed by atoms with Crippen molar-refractivity contribution in [2.24, 2.45) is 0 Å². The normalized spacial score (nSPS) is 14.2. The van der Waals surface area contributed by atoms with Crippen LogP contribution in [0.3, 0.4) is 0 Å². The summed E-state index contributed by atoms with van der Waals surface area (Å²) in [4.78, 5) is 70.5. The van der Waals surface area contributed by atoms with Crippen LogP contribution in [-0.4, -0.2) is 148 Å². The number of pyridine rings is 4. The van der Waals surface area contributed by atoms with Gasteiger partial charge in [0.15, 0.2) is 24.1 Å². The maximum Gasteiger partial charge on any atom is 0.337 e. The number of fused-ring (bicyclic) bond motifs is 6. The van der Waals surface area contributed by atoms with Crippen LogP contribution in [0.1, 0.15) is 162 Å². The lowest BCUT2D eigenvalue weighted by Crippen LogP contribution is -2.35. The number of carbonyl (C=O) groups excluding carboxylic acids is 1. The Bertz CT molecular complexity index is 7570. The second-order valence-electron chi connectivity index (χ2n) is 39.6. The summed E-state index contributed by atoms with van der Waals surface area (Å²) >= 11 is 0. The minimum Gasteiger partial charge on any atom is -0.493 e. The number of rotatable bonds is 26. The average molecular weight is 1900 g/mol. The number of aryl methyl sites for hydroxylation is 3. The molecular formula is C120H118N4O18. The van der Waals surface area contributed by atoms with E-state index in [1.165, 1.54) is 22.3 Å². The van der Waals surface area contributed by atoms with E-state index in [0.717, 1.165) is 213 Å². The number of nitrogens with zero attached hydrogens (tertiary/aromatic N) is 4. The fraction of sp³-hybridized carbons (Fsp3) is 0.300. The minimum absolute atomic E-state index is 0.0226. The lowest BCUT2D eigenvalue weighted by molar-refractivity contribution is -0.168. The Kier molecular flexibility index (Phi) is 27.9. The molecule has 4 aliphatic heterocycles. The lowest BCUT2D eigenvalue weighted by Gasteiger charge is -2.31. The second-order valence-corrected chi connectivity index (χ2v) is 39.6. The summed E-state index contributed by atoms with van der Waals surface area (Å²) in [6.45, 7) is 30.3. The molecule has 3 N–H and O–H groups in total. The highest BCUT2D eigenvalue weighted by atomic mass is 16.6. The number of carbonyl (C=O) groups is 4. The van der Waals surface area contributed by atoms with E-state index in [0.29, 0.717) is 49.7 Å². The summed E-state index contributed by atoms with van der Waals surface area (Å²) < 4.78 is 65.3. The van der Waals surface area contributed by atoms with E-state index >= 15 is 0 Å². The van der Waals surface area contributed by atoms with Crippen LogP contribution in [0.25, 0.3) is 142 Å². The zero-order valence-electron chi connectivity index (χ0n) is 83.1. The second kappa shape index (κ2) is 40.4. The van der Waals surface area contributed by atoms with Crippen molar-refractivity contribution in [1.82, 2.24) is 19.9 Å². The molecular weight excluding hydrogens is 1790 g/mol. The van der Waals surface area contributed by atoms with E-state index in [-0.39, 0.29) is 25.6 Å². The zero-order chi connectivity index (χ0) is 100.0. The molecule has 0 bridgehead atoms. The number of aliphatic carboxylic acids is 3. The molecule has 4 aromatic heterocycles. The smallest absolute Gasteiger partial charge is 0.337 e. The number of hydrogen-bond acceptors (Lipinski definition) is 19. The third-order valence-electron chi connectivity index (χ3n) is 26.7. The summed E-state index contributed by atoms with van der Waals surface area (Å²) in [6.07, 6.45) is 6.32. The summed E-state index contributed by atoms with van der Waals surface area (Å²) in [6, 6.07) is 71.1. The number of ketones is 1. The topological polar surface area (TPSA) is 282 Å². The van der Waals surface area contributed by atoms with Crippen LogP contribution in [0.4, 0.5) is 0 Å². The zero-order valence-corrected chi connectivity index (χ0v) is 83.1. The Labute approximate surface area is 825 Å². The van der Waals surface area contributed by atoms with Crippen molar-refractivity contribution in [1.29, 1.82) is 0 Å². The molecule has 0 radical (unpaired) electrons. The molecule has 22 nitrogen and oxygen atoms in total. The Morgan fingerprint density at radius 1 is 0.338 bits per heavy atom. The van der Waals surface area contributed by atoms with Gasteiger partial charge in [0.25, 0.3) is 0 Å². The van der Waals surface area contributed by atoms with Gasteiger partial charge in [-0.15, -0.1) is 0 Å². The molecule has 8 heterocycles. The van der Waals surface area contributed by atoms with Crippen LogP contribution in [-0.2, 0) is 78.0 Å². The molecule has 0 fully saturated rings. The maximum absolute atomic E-state index is 13.3. The van der Waals surface area contributed by atoms with E-state index in [4.69, 9.17) is 72.0 Å². The predicted octanol–water partition coefficient (Wildman–Crippen LogP) is 25.6. The average Bonchev–Trinajstić information content (AvgIpc) is 0.727. The first-order valence-corrected chi connectivity index (χ1v) is 48.4. The number of ether oxygens (including phenoxy) is 11. The Morgan fingerprint density at radius 3 is 0.901 bits per heavy atom. The van der Waals surface area contributed by atoms with Crippen molar-refractivity contribution < 1.29 is 86.6 Å². The van der Waals surface area contributed by atoms with E-state index in [2.05, 4.69) is 48.5 Å². The third kappa shape index (κ3) is 19.4. The molecule has 0 unspecified atom stereocenters. The first kappa shape index (κ1) is 98.0. The quantitative estimate of drug-likeness (QED) is 0.0425. The minimum atomic E-state index is -1.19. The first-order chi connectivity index (χ1) is 68.2. The van der Waals surface area contributed by atoms with Crippen LogP contribution in [0, 0.1) is 20.8 Å². The highest BCUT2D eigenvalue weighted by Crippen LogP contribution is 2.53. The van der Waals surface area contributed by atoms with Gasteiger partial charge in [0, 0.05) is 137 Å². The molecule has 726 valence electrons. The molecule has 22 heteroatoms. The van der Waals surface area contributed by atoms with Crippen molar-refractivity contribution in [2.75, 3.05) is 67.1 Å². The monoisotopic (exact) mass is 1900 g/mol. The highest BCUT2D eigenvalue weighted by Gasteiger charge is 2.41. The number of methoxy groups -OCH3 is 2. The number of aromatic nitrogens is 4. The molecule has 0 aliphatic carbocycles. The van der Waals surface area contributed by atoms with Gasteiger partial charge in [-0.05, 0) is 285 Å². The van der Waals surface area contributed by atoms with E-state index in [1.807, 2.05) is 279 Å². The van der Waals surface area contributed by atoms with Crippen LogP contribution in [0.15, 0.2) is 237 Å². The largest absolute Gasteiger partial charge is 0.493 e. The molecule has 0 saturated heterocycles. The molecule has 142 heavy (non-hydrogen) atoms. The highest BCUT2D eigenvalue weighted by molar-refractivity contribution is 6.20. The van der Waals surface area contributed by atoms with Crippen molar-refractivity contribution in [3.05, 3.63) is 298 Å². The van der Waals surface area contributed by atoms with Gasteiger partial charge in [-0.3, -0.25) is 24.7 Å². The van der Waals surface area contributed by atoms with Gasteiger partial charge in [-0.2, -0.15) is 0 Å².